The zero-order valence-electron chi connectivity index (χ0n) is 7.53. The van der Waals surface area contributed by atoms with Gasteiger partial charge in [-0.3, -0.25) is 4.99 Å². The van der Waals surface area contributed by atoms with E-state index >= 15 is 0 Å². The van der Waals surface area contributed by atoms with Crippen molar-refractivity contribution in [2.75, 3.05) is 13.1 Å². The second kappa shape index (κ2) is 3.49. The van der Waals surface area contributed by atoms with Crippen LogP contribution in [0, 0.1) is 0 Å². The number of carbonyl (C=O) groups is 1. The number of amidine groups is 1. The van der Waals surface area contributed by atoms with Gasteiger partial charge in [0, 0.05) is 12.1 Å². The molecular weight excluding hydrogens is 180 g/mol. The minimum absolute atomic E-state index is 0.291. The number of hydrogen-bond donors (Lipinski definition) is 2. The SMILES string of the molecule is O=C(O)c1cccc(C2=NCCN2)c1. The van der Waals surface area contributed by atoms with Gasteiger partial charge in [-0.25, -0.2) is 4.79 Å². The standard InChI is InChI=1S/C10H10N2O2/c13-10(14)8-3-1-2-7(6-8)9-11-4-5-12-9/h1-3,6H,4-5H2,(H,11,12)(H,13,14). The van der Waals surface area contributed by atoms with Crippen LogP contribution in [0.25, 0.3) is 0 Å². The fourth-order valence-electron chi connectivity index (χ4n) is 1.39. The van der Waals surface area contributed by atoms with Crippen LogP contribution in [0.5, 0.6) is 0 Å². The molecule has 0 unspecified atom stereocenters. The van der Waals surface area contributed by atoms with Crippen LogP contribution in [0.4, 0.5) is 0 Å². The molecule has 0 aliphatic carbocycles. The molecule has 0 saturated carbocycles. The molecule has 0 spiro atoms. The highest BCUT2D eigenvalue weighted by molar-refractivity contribution is 6.01. The molecule has 1 heterocycles. The van der Waals surface area contributed by atoms with Crippen LogP contribution >= 0.6 is 0 Å². The monoisotopic (exact) mass is 190 g/mol. The van der Waals surface area contributed by atoms with Gasteiger partial charge in [0.25, 0.3) is 0 Å². The Kier molecular flexibility index (Phi) is 2.18. The molecule has 0 atom stereocenters. The number of rotatable bonds is 2. The Hall–Kier alpha value is -1.84. The van der Waals surface area contributed by atoms with Crippen molar-refractivity contribution in [3.05, 3.63) is 35.4 Å². The molecular formula is C10H10N2O2. The molecule has 0 bridgehead atoms. The Morgan fingerprint density at radius 2 is 2.36 bits per heavy atom. The molecule has 4 heteroatoms. The minimum atomic E-state index is -0.912. The van der Waals surface area contributed by atoms with E-state index in [9.17, 15) is 4.79 Å². The maximum atomic E-state index is 10.7. The van der Waals surface area contributed by atoms with Crippen molar-refractivity contribution in [1.82, 2.24) is 5.32 Å². The third kappa shape index (κ3) is 1.59. The van der Waals surface area contributed by atoms with Gasteiger partial charge in [0.05, 0.1) is 12.1 Å². The molecule has 1 aliphatic heterocycles. The summed E-state index contributed by atoms with van der Waals surface area (Å²) in [5.74, 6) is -0.126. The van der Waals surface area contributed by atoms with Crippen molar-refractivity contribution >= 4 is 11.8 Å². The molecule has 4 nitrogen and oxygen atoms in total. The quantitative estimate of drug-likeness (QED) is 0.722. The highest BCUT2D eigenvalue weighted by Gasteiger charge is 2.10. The van der Waals surface area contributed by atoms with Crippen LogP contribution in [0.3, 0.4) is 0 Å². The van der Waals surface area contributed by atoms with Gasteiger partial charge in [0.1, 0.15) is 5.84 Å². The topological polar surface area (TPSA) is 61.7 Å². The van der Waals surface area contributed by atoms with Gasteiger partial charge in [0.2, 0.25) is 0 Å². The Morgan fingerprint density at radius 3 is 3.00 bits per heavy atom. The van der Waals surface area contributed by atoms with Gasteiger partial charge in [-0.15, -0.1) is 0 Å². The predicted molar refractivity (Wildman–Crippen MR) is 52.8 cm³/mol. The summed E-state index contributed by atoms with van der Waals surface area (Å²) in [7, 11) is 0. The molecule has 72 valence electrons. The minimum Gasteiger partial charge on any atom is -0.478 e. The second-order valence-electron chi connectivity index (χ2n) is 3.04. The average molecular weight is 190 g/mol. The first kappa shape index (κ1) is 8.74. The Balaban J connectivity index is 2.34. The molecule has 2 rings (SSSR count). The molecule has 0 amide bonds. The first-order valence-corrected chi connectivity index (χ1v) is 4.39. The molecule has 1 aromatic carbocycles. The van der Waals surface area contributed by atoms with Crippen molar-refractivity contribution in [1.29, 1.82) is 0 Å². The van der Waals surface area contributed by atoms with Gasteiger partial charge in [-0.05, 0) is 12.1 Å². The van der Waals surface area contributed by atoms with E-state index < -0.39 is 5.97 Å². The average Bonchev–Trinajstić information content (AvgIpc) is 2.71. The maximum absolute atomic E-state index is 10.7. The van der Waals surface area contributed by atoms with E-state index in [0.29, 0.717) is 5.56 Å². The number of nitrogens with zero attached hydrogens (tertiary/aromatic N) is 1. The van der Waals surface area contributed by atoms with E-state index in [2.05, 4.69) is 10.3 Å². The van der Waals surface area contributed by atoms with Crippen molar-refractivity contribution in [3.63, 3.8) is 0 Å². The zero-order valence-corrected chi connectivity index (χ0v) is 7.53. The van der Waals surface area contributed by atoms with E-state index in [4.69, 9.17) is 5.11 Å². The maximum Gasteiger partial charge on any atom is 0.335 e. The van der Waals surface area contributed by atoms with Gasteiger partial charge >= 0.3 is 5.97 Å². The van der Waals surface area contributed by atoms with Crippen molar-refractivity contribution in [2.45, 2.75) is 0 Å². The van der Waals surface area contributed by atoms with Crippen LogP contribution in [-0.2, 0) is 0 Å². The highest BCUT2D eigenvalue weighted by Crippen LogP contribution is 2.07. The number of nitrogens with one attached hydrogen (secondary N) is 1. The molecule has 2 N–H and O–H groups in total. The number of aliphatic imine (C=N–C) groups is 1. The molecule has 14 heavy (non-hydrogen) atoms. The van der Waals surface area contributed by atoms with Gasteiger partial charge < -0.3 is 10.4 Å². The fourth-order valence-corrected chi connectivity index (χ4v) is 1.39. The zero-order chi connectivity index (χ0) is 9.97. The molecule has 1 aliphatic rings. The van der Waals surface area contributed by atoms with Crippen LogP contribution < -0.4 is 5.32 Å². The third-order valence-electron chi connectivity index (χ3n) is 2.06. The van der Waals surface area contributed by atoms with E-state index in [-0.39, 0.29) is 0 Å². The predicted octanol–water partition coefficient (Wildman–Crippen LogP) is 0.735. The largest absolute Gasteiger partial charge is 0.478 e. The van der Waals surface area contributed by atoms with E-state index in [1.165, 1.54) is 0 Å². The van der Waals surface area contributed by atoms with Crippen LogP contribution in [0.15, 0.2) is 29.3 Å². The van der Waals surface area contributed by atoms with Crippen LogP contribution in [0.1, 0.15) is 15.9 Å². The smallest absolute Gasteiger partial charge is 0.335 e. The lowest BCUT2D eigenvalue weighted by atomic mass is 10.1. The van der Waals surface area contributed by atoms with E-state index in [1.807, 2.05) is 6.07 Å². The van der Waals surface area contributed by atoms with Crippen molar-refractivity contribution in [3.8, 4) is 0 Å². The molecule has 0 radical (unpaired) electrons. The summed E-state index contributed by atoms with van der Waals surface area (Å²) in [6.07, 6.45) is 0. The first-order chi connectivity index (χ1) is 6.77. The summed E-state index contributed by atoms with van der Waals surface area (Å²) in [5, 5.41) is 11.9. The summed E-state index contributed by atoms with van der Waals surface area (Å²) in [4.78, 5) is 14.9. The second-order valence-corrected chi connectivity index (χ2v) is 3.04. The fraction of sp³-hybridized carbons (Fsp3) is 0.200. The Bertz CT molecular complexity index is 399. The molecule has 0 saturated heterocycles. The third-order valence-corrected chi connectivity index (χ3v) is 2.06. The lowest BCUT2D eigenvalue weighted by Gasteiger charge is -2.02. The van der Waals surface area contributed by atoms with Gasteiger partial charge in [-0.2, -0.15) is 0 Å². The molecule has 1 aromatic rings. The first-order valence-electron chi connectivity index (χ1n) is 4.39. The molecule has 0 fully saturated rings. The lowest BCUT2D eigenvalue weighted by Crippen LogP contribution is -2.19. The summed E-state index contributed by atoms with van der Waals surface area (Å²) in [6, 6.07) is 6.77. The van der Waals surface area contributed by atoms with Crippen LogP contribution in [-0.4, -0.2) is 30.0 Å². The van der Waals surface area contributed by atoms with Crippen LogP contribution in [0.2, 0.25) is 0 Å². The number of carboxylic acid groups (broad SMARTS) is 1. The Morgan fingerprint density at radius 1 is 1.50 bits per heavy atom. The summed E-state index contributed by atoms with van der Waals surface area (Å²) < 4.78 is 0. The summed E-state index contributed by atoms with van der Waals surface area (Å²) in [5.41, 5.74) is 1.13. The van der Waals surface area contributed by atoms with E-state index in [1.54, 1.807) is 18.2 Å². The van der Waals surface area contributed by atoms with Crippen molar-refractivity contribution < 1.29 is 9.90 Å². The number of benzene rings is 1. The van der Waals surface area contributed by atoms with E-state index in [0.717, 1.165) is 24.5 Å². The molecule has 0 aromatic heterocycles. The van der Waals surface area contributed by atoms with Gasteiger partial charge in [0.15, 0.2) is 0 Å². The van der Waals surface area contributed by atoms with Gasteiger partial charge in [-0.1, -0.05) is 12.1 Å². The normalized spacial score (nSPS) is 14.7. The summed E-state index contributed by atoms with van der Waals surface area (Å²) >= 11 is 0. The lowest BCUT2D eigenvalue weighted by molar-refractivity contribution is 0.0697. The number of hydrogen-bond acceptors (Lipinski definition) is 3. The van der Waals surface area contributed by atoms with Crippen molar-refractivity contribution in [2.24, 2.45) is 4.99 Å². The number of aromatic carboxylic acids is 1. The Labute approximate surface area is 81.3 Å². The highest BCUT2D eigenvalue weighted by atomic mass is 16.4. The summed E-state index contributed by atoms with van der Waals surface area (Å²) in [6.45, 7) is 1.58. The number of carboxylic acids is 1.